The molecule has 368 valence electrons. The number of hydrogen-bond donors (Lipinski definition) is 2. The predicted molar refractivity (Wildman–Crippen MR) is 280 cm³/mol. The van der Waals surface area contributed by atoms with E-state index in [0.29, 0.717) is 10.6 Å². The maximum absolute atomic E-state index is 13.5. The molecule has 1 saturated heterocycles. The van der Waals surface area contributed by atoms with Gasteiger partial charge in [0, 0.05) is 49.0 Å². The first-order valence-electron chi connectivity index (χ1n) is 27.3. The molecule has 2 aromatic heterocycles. The van der Waals surface area contributed by atoms with Crippen molar-refractivity contribution in [2.75, 3.05) is 36.8 Å². The molecule has 2 aliphatic carbocycles. The van der Waals surface area contributed by atoms with E-state index in [9.17, 15) is 9.59 Å². The van der Waals surface area contributed by atoms with Gasteiger partial charge in [-0.1, -0.05) is 147 Å². The van der Waals surface area contributed by atoms with Crippen LogP contribution in [-0.4, -0.2) is 59.7 Å². The van der Waals surface area contributed by atoms with Crippen molar-refractivity contribution in [2.45, 2.75) is 232 Å². The molecular weight excluding hydrogens is 835 g/mol. The number of aromatic nitrogens is 1. The van der Waals surface area contributed by atoms with Crippen molar-refractivity contribution in [3.05, 3.63) is 52.0 Å². The van der Waals surface area contributed by atoms with E-state index < -0.39 is 5.60 Å². The van der Waals surface area contributed by atoms with Crippen molar-refractivity contribution < 1.29 is 14.3 Å². The zero-order valence-corrected chi connectivity index (χ0v) is 43.0. The zero-order chi connectivity index (χ0) is 46.6. The van der Waals surface area contributed by atoms with E-state index in [2.05, 4.69) is 33.4 Å². The first-order valence-corrected chi connectivity index (χ1v) is 28.1. The Morgan fingerprint density at radius 2 is 1.24 bits per heavy atom. The standard InChI is InChI=1S/C57H91N5O3S/c1-44-29-36-51-52(58)53(66-55(51)59-44)54(63)60-49-34-32-48-42-50(35-33-47(48)41-49)62-39-27-26-38-61(56(64)65-57(2,3)4)37-25-23-21-19-17-15-13-11-9-7-5-6-8-10-12-14-16-18-20-22-24-28-45-30-31-46(40-45)43-62/h29,33,35-36,42,45-46,49H,5-28,30-32,34,37-41,43,58H2,1-4H3,(H,60,63). The number of amides is 2. The summed E-state index contributed by atoms with van der Waals surface area (Å²) < 4.78 is 5.94. The number of rotatable bonds is 3. The number of pyridine rings is 1. The predicted octanol–water partition coefficient (Wildman–Crippen LogP) is 15.3. The molecular formula is C57H91N5O3S. The number of hydrogen-bond acceptors (Lipinski definition) is 7. The summed E-state index contributed by atoms with van der Waals surface area (Å²) in [5.74, 6) is 1.51. The number of benzene rings is 1. The minimum Gasteiger partial charge on any atom is -0.444 e. The fraction of sp³-hybridized carbons (Fsp3) is 0.737. The van der Waals surface area contributed by atoms with Crippen molar-refractivity contribution in [1.29, 1.82) is 0 Å². The van der Waals surface area contributed by atoms with E-state index in [1.165, 1.54) is 182 Å². The Morgan fingerprint density at radius 1 is 0.682 bits per heavy atom. The van der Waals surface area contributed by atoms with Crippen molar-refractivity contribution in [3.8, 4) is 0 Å². The number of aryl methyl sites for hydroxylation is 2. The number of ether oxygens (including phenoxy) is 1. The quantitative estimate of drug-likeness (QED) is 0.271. The van der Waals surface area contributed by atoms with Crippen LogP contribution in [0.15, 0.2) is 30.3 Å². The van der Waals surface area contributed by atoms with Crippen LogP contribution in [0.1, 0.15) is 227 Å². The lowest BCUT2D eigenvalue weighted by molar-refractivity contribution is 0.0243. The molecule has 1 aliphatic heterocycles. The lowest BCUT2D eigenvalue weighted by atomic mass is 9.87. The first kappa shape index (κ1) is 52.0. The molecule has 3 aliphatic rings. The Morgan fingerprint density at radius 3 is 1.86 bits per heavy atom. The van der Waals surface area contributed by atoms with E-state index in [1.54, 1.807) is 0 Å². The van der Waals surface area contributed by atoms with Crippen LogP contribution in [0.25, 0.3) is 10.2 Å². The second kappa shape index (κ2) is 27.6. The van der Waals surface area contributed by atoms with Crippen molar-refractivity contribution in [2.24, 2.45) is 11.8 Å². The molecule has 0 spiro atoms. The van der Waals surface area contributed by atoms with Crippen molar-refractivity contribution in [3.63, 3.8) is 0 Å². The van der Waals surface area contributed by atoms with Crippen LogP contribution in [0.5, 0.6) is 0 Å². The third kappa shape index (κ3) is 17.6. The van der Waals surface area contributed by atoms with Gasteiger partial charge in [-0.15, -0.1) is 11.3 Å². The molecule has 2 bridgehead atoms. The molecule has 3 atom stereocenters. The van der Waals surface area contributed by atoms with Gasteiger partial charge in [-0.2, -0.15) is 0 Å². The summed E-state index contributed by atoms with van der Waals surface area (Å²) in [4.78, 5) is 37.7. The van der Waals surface area contributed by atoms with E-state index in [-0.39, 0.29) is 18.0 Å². The van der Waals surface area contributed by atoms with Gasteiger partial charge in [0.2, 0.25) is 0 Å². The van der Waals surface area contributed by atoms with E-state index >= 15 is 0 Å². The summed E-state index contributed by atoms with van der Waals surface area (Å²) in [7, 11) is 0. The monoisotopic (exact) mass is 926 g/mol. The van der Waals surface area contributed by atoms with E-state index in [0.717, 1.165) is 92.5 Å². The topological polar surface area (TPSA) is 101 Å². The fourth-order valence-electron chi connectivity index (χ4n) is 11.1. The minimum absolute atomic E-state index is 0.0720. The third-order valence-corrected chi connectivity index (χ3v) is 16.1. The Kier molecular flexibility index (Phi) is 21.8. The molecule has 66 heavy (non-hydrogen) atoms. The van der Waals surface area contributed by atoms with E-state index in [1.807, 2.05) is 44.7 Å². The Hall–Kier alpha value is -3.33. The fourth-order valence-corrected chi connectivity index (χ4v) is 12.2. The van der Waals surface area contributed by atoms with Gasteiger partial charge in [0.25, 0.3) is 5.91 Å². The highest BCUT2D eigenvalue weighted by atomic mass is 32.1. The highest BCUT2D eigenvalue weighted by molar-refractivity contribution is 7.21. The zero-order valence-electron chi connectivity index (χ0n) is 42.2. The molecule has 6 rings (SSSR count). The molecule has 2 fully saturated rings. The summed E-state index contributed by atoms with van der Waals surface area (Å²) in [6, 6.07) is 11.1. The molecule has 3 aromatic rings. The maximum atomic E-state index is 13.5. The Bertz CT molecular complexity index is 1900. The highest BCUT2D eigenvalue weighted by Gasteiger charge is 2.28. The van der Waals surface area contributed by atoms with Gasteiger partial charge in [-0.3, -0.25) is 4.79 Å². The number of anilines is 2. The molecule has 2 amide bonds. The summed E-state index contributed by atoms with van der Waals surface area (Å²) in [6.07, 6.45) is 38.9. The number of nitrogen functional groups attached to an aromatic ring is 1. The number of nitrogens with one attached hydrogen (secondary N) is 1. The summed E-state index contributed by atoms with van der Waals surface area (Å²) in [5.41, 5.74) is 11.5. The largest absolute Gasteiger partial charge is 0.444 e. The van der Waals surface area contributed by atoms with Crippen LogP contribution < -0.4 is 16.0 Å². The number of nitrogens with zero attached hydrogens (tertiary/aromatic N) is 3. The summed E-state index contributed by atoms with van der Waals surface area (Å²) >= 11 is 1.39. The van der Waals surface area contributed by atoms with Crippen LogP contribution in [0.2, 0.25) is 0 Å². The number of nitrogens with two attached hydrogens (primary N) is 1. The van der Waals surface area contributed by atoms with Crippen LogP contribution in [-0.2, 0) is 17.6 Å². The van der Waals surface area contributed by atoms with Gasteiger partial charge in [0.05, 0.1) is 5.69 Å². The molecule has 3 heterocycles. The number of fused-ring (bicyclic) bond motifs is 4. The third-order valence-electron chi connectivity index (χ3n) is 15.0. The molecule has 3 unspecified atom stereocenters. The van der Waals surface area contributed by atoms with Gasteiger partial charge < -0.3 is 25.6 Å². The Labute approximate surface area is 405 Å². The molecule has 8 nitrogen and oxygen atoms in total. The number of carbonyl (C=O) groups excluding carboxylic acids is 2. The van der Waals surface area contributed by atoms with Crippen molar-refractivity contribution in [1.82, 2.24) is 15.2 Å². The number of carbonyl (C=O) groups is 2. The highest BCUT2D eigenvalue weighted by Crippen LogP contribution is 2.37. The van der Waals surface area contributed by atoms with Crippen molar-refractivity contribution >= 4 is 44.9 Å². The maximum Gasteiger partial charge on any atom is 0.410 e. The second-order valence-electron chi connectivity index (χ2n) is 21.9. The van der Waals surface area contributed by atoms with Crippen LogP contribution in [0.4, 0.5) is 16.2 Å². The molecule has 9 heteroatoms. The lowest BCUT2D eigenvalue weighted by Crippen LogP contribution is -2.39. The van der Waals surface area contributed by atoms with Gasteiger partial charge in [-0.25, -0.2) is 9.78 Å². The van der Waals surface area contributed by atoms with Gasteiger partial charge in [-0.05, 0) is 126 Å². The molecule has 1 aromatic carbocycles. The average Bonchev–Trinajstić information content (AvgIpc) is 3.88. The van der Waals surface area contributed by atoms with Crippen LogP contribution in [0.3, 0.4) is 0 Å². The molecule has 0 radical (unpaired) electrons. The summed E-state index contributed by atoms with van der Waals surface area (Å²) in [6.45, 7) is 11.5. The summed E-state index contributed by atoms with van der Waals surface area (Å²) in [5, 5.41) is 4.19. The first-order chi connectivity index (χ1) is 32.0. The SMILES string of the molecule is Cc1ccc2c(N)c(C(=O)NC3CCc4cc(N5CCCCN(C(=O)OC(C)(C)C)CCCCCCCCCCCCCCCCCCCCCCCC6CCC(C6)C5)ccc4C3)sc2n1. The van der Waals surface area contributed by atoms with Crippen LogP contribution >= 0.6 is 11.3 Å². The number of thiophene rings is 1. The lowest BCUT2D eigenvalue weighted by Gasteiger charge is -2.31. The second-order valence-corrected chi connectivity index (χ2v) is 22.9. The van der Waals surface area contributed by atoms with Gasteiger partial charge >= 0.3 is 6.09 Å². The van der Waals surface area contributed by atoms with E-state index in [4.69, 9.17) is 10.5 Å². The van der Waals surface area contributed by atoms with Crippen LogP contribution in [0, 0.1) is 18.8 Å². The Balaban J connectivity index is 1.06. The van der Waals surface area contributed by atoms with Gasteiger partial charge in [0.15, 0.2) is 0 Å². The minimum atomic E-state index is -0.499. The van der Waals surface area contributed by atoms with Gasteiger partial charge in [0.1, 0.15) is 15.3 Å². The smallest absolute Gasteiger partial charge is 0.410 e. The average molecular weight is 926 g/mol. The normalized spacial score (nSPS) is 23.2. The molecule has 1 saturated carbocycles. The molecule has 3 N–H and O–H groups in total.